The Hall–Kier alpha value is -1.83. The van der Waals surface area contributed by atoms with Crippen molar-refractivity contribution in [3.8, 4) is 0 Å². The van der Waals surface area contributed by atoms with Crippen LogP contribution in [0.25, 0.3) is 0 Å². The van der Waals surface area contributed by atoms with Gasteiger partial charge < -0.3 is 4.90 Å². The third kappa shape index (κ3) is 2.10. The Labute approximate surface area is 107 Å². The van der Waals surface area contributed by atoms with Crippen LogP contribution >= 0.6 is 0 Å². The van der Waals surface area contributed by atoms with Crippen LogP contribution in [-0.2, 0) is 0 Å². The van der Waals surface area contributed by atoms with Gasteiger partial charge in [-0.05, 0) is 42.7 Å². The summed E-state index contributed by atoms with van der Waals surface area (Å²) in [5.41, 5.74) is 2.46. The number of anilines is 1. The lowest BCUT2D eigenvalue weighted by Crippen LogP contribution is -2.22. The van der Waals surface area contributed by atoms with Crippen LogP contribution < -0.4 is 4.90 Å². The van der Waals surface area contributed by atoms with Crippen LogP contribution in [0.3, 0.4) is 0 Å². The maximum absolute atomic E-state index is 13.0. The van der Waals surface area contributed by atoms with Crippen molar-refractivity contribution >= 4 is 5.69 Å². The van der Waals surface area contributed by atoms with Gasteiger partial charge in [-0.15, -0.1) is 0 Å². The summed E-state index contributed by atoms with van der Waals surface area (Å²) in [5, 5.41) is 0. The van der Waals surface area contributed by atoms with Crippen molar-refractivity contribution in [2.45, 2.75) is 18.9 Å². The summed E-state index contributed by atoms with van der Waals surface area (Å²) >= 11 is 0. The van der Waals surface area contributed by atoms with E-state index < -0.39 is 0 Å². The first-order valence-corrected chi connectivity index (χ1v) is 6.42. The van der Waals surface area contributed by atoms with Crippen LogP contribution in [0.1, 0.15) is 24.4 Å². The lowest BCUT2D eigenvalue weighted by molar-refractivity contribution is 0.624. The maximum Gasteiger partial charge on any atom is 0.123 e. The van der Waals surface area contributed by atoms with Crippen LogP contribution in [0.2, 0.25) is 0 Å². The summed E-state index contributed by atoms with van der Waals surface area (Å²) < 4.78 is 13.0. The zero-order valence-electron chi connectivity index (χ0n) is 10.2. The molecule has 0 aliphatic carbocycles. The van der Waals surface area contributed by atoms with E-state index in [-0.39, 0.29) is 5.82 Å². The van der Waals surface area contributed by atoms with Gasteiger partial charge in [0.25, 0.3) is 0 Å². The Bertz CT molecular complexity index is 506. The second kappa shape index (κ2) is 4.81. The minimum atomic E-state index is -0.164. The van der Waals surface area contributed by atoms with Crippen LogP contribution in [0.5, 0.6) is 0 Å². The van der Waals surface area contributed by atoms with Gasteiger partial charge in [0, 0.05) is 12.2 Å². The predicted octanol–water partition coefficient (Wildman–Crippen LogP) is 4.17. The average molecular weight is 241 g/mol. The molecular weight excluding hydrogens is 225 g/mol. The molecule has 2 aromatic rings. The minimum Gasteiger partial charge on any atom is -0.364 e. The van der Waals surface area contributed by atoms with Gasteiger partial charge in [0.05, 0.1) is 6.04 Å². The molecule has 0 saturated carbocycles. The fourth-order valence-electron chi connectivity index (χ4n) is 2.73. The Kier molecular flexibility index (Phi) is 3.01. The lowest BCUT2D eigenvalue weighted by atomic mass is 10.0. The number of hydrogen-bond acceptors (Lipinski definition) is 1. The normalized spacial score (nSPS) is 19.2. The summed E-state index contributed by atoms with van der Waals surface area (Å²) in [5.74, 6) is -0.164. The molecule has 1 nitrogen and oxygen atoms in total. The van der Waals surface area contributed by atoms with E-state index in [1.807, 2.05) is 18.2 Å². The quantitative estimate of drug-likeness (QED) is 0.762. The molecule has 0 bridgehead atoms. The molecule has 2 heteroatoms. The number of para-hydroxylation sites is 1. The molecule has 0 amide bonds. The van der Waals surface area contributed by atoms with E-state index in [1.165, 1.54) is 17.7 Å². The second-order valence-electron chi connectivity index (χ2n) is 4.74. The van der Waals surface area contributed by atoms with Crippen LogP contribution in [0.4, 0.5) is 10.1 Å². The van der Waals surface area contributed by atoms with Gasteiger partial charge in [-0.1, -0.05) is 30.3 Å². The Balaban J connectivity index is 1.90. The molecule has 1 saturated heterocycles. The number of nitrogens with zero attached hydrogens (tertiary/aromatic N) is 1. The van der Waals surface area contributed by atoms with Gasteiger partial charge >= 0.3 is 0 Å². The number of rotatable bonds is 2. The maximum atomic E-state index is 13.0. The van der Waals surface area contributed by atoms with Crippen molar-refractivity contribution in [2.24, 2.45) is 0 Å². The van der Waals surface area contributed by atoms with E-state index >= 15 is 0 Å². The molecule has 1 aliphatic rings. The summed E-state index contributed by atoms with van der Waals surface area (Å²) in [6, 6.07) is 17.7. The lowest BCUT2D eigenvalue weighted by Gasteiger charge is -2.27. The molecule has 0 spiro atoms. The monoisotopic (exact) mass is 241 g/mol. The SMILES string of the molecule is Fc1ccc([C@H]2CCCN2c2ccccc2)cc1. The molecule has 18 heavy (non-hydrogen) atoms. The van der Waals surface area contributed by atoms with E-state index in [0.717, 1.165) is 13.0 Å². The summed E-state index contributed by atoms with van der Waals surface area (Å²) in [7, 11) is 0. The van der Waals surface area contributed by atoms with E-state index in [0.29, 0.717) is 6.04 Å². The topological polar surface area (TPSA) is 3.24 Å². The molecule has 1 fully saturated rings. The molecule has 0 unspecified atom stereocenters. The van der Waals surface area contributed by atoms with E-state index in [9.17, 15) is 4.39 Å². The fraction of sp³-hybridized carbons (Fsp3) is 0.250. The minimum absolute atomic E-state index is 0.164. The molecule has 1 aliphatic heterocycles. The Morgan fingerprint density at radius 1 is 0.944 bits per heavy atom. The summed E-state index contributed by atoms with van der Waals surface area (Å²) in [6.45, 7) is 1.08. The number of hydrogen-bond donors (Lipinski definition) is 0. The van der Waals surface area contributed by atoms with Gasteiger partial charge in [-0.3, -0.25) is 0 Å². The molecule has 3 rings (SSSR count). The molecule has 0 aromatic heterocycles. The van der Waals surface area contributed by atoms with Gasteiger partial charge in [0.15, 0.2) is 0 Å². The molecule has 92 valence electrons. The largest absolute Gasteiger partial charge is 0.364 e. The van der Waals surface area contributed by atoms with Crippen molar-refractivity contribution in [1.29, 1.82) is 0 Å². The van der Waals surface area contributed by atoms with Gasteiger partial charge in [0.2, 0.25) is 0 Å². The highest BCUT2D eigenvalue weighted by atomic mass is 19.1. The van der Waals surface area contributed by atoms with Gasteiger partial charge in [-0.2, -0.15) is 0 Å². The molecule has 0 N–H and O–H groups in total. The number of halogens is 1. The van der Waals surface area contributed by atoms with Gasteiger partial charge in [0.1, 0.15) is 5.82 Å². The molecule has 1 heterocycles. The van der Waals surface area contributed by atoms with E-state index in [1.54, 1.807) is 12.1 Å². The van der Waals surface area contributed by atoms with Crippen molar-refractivity contribution < 1.29 is 4.39 Å². The Morgan fingerprint density at radius 3 is 2.39 bits per heavy atom. The second-order valence-corrected chi connectivity index (χ2v) is 4.74. The predicted molar refractivity (Wildman–Crippen MR) is 72.2 cm³/mol. The average Bonchev–Trinajstić information content (AvgIpc) is 2.90. The zero-order valence-corrected chi connectivity index (χ0v) is 10.2. The van der Waals surface area contributed by atoms with Crippen molar-refractivity contribution in [3.63, 3.8) is 0 Å². The molecule has 1 atom stereocenters. The first-order valence-electron chi connectivity index (χ1n) is 6.42. The van der Waals surface area contributed by atoms with E-state index in [4.69, 9.17) is 0 Å². The Morgan fingerprint density at radius 2 is 1.67 bits per heavy atom. The first-order chi connectivity index (χ1) is 8.84. The zero-order chi connectivity index (χ0) is 12.4. The molecular formula is C16H16FN. The first kappa shape index (κ1) is 11.3. The van der Waals surface area contributed by atoms with Crippen LogP contribution in [0, 0.1) is 5.82 Å². The highest BCUT2D eigenvalue weighted by Crippen LogP contribution is 2.35. The number of benzene rings is 2. The smallest absolute Gasteiger partial charge is 0.123 e. The van der Waals surface area contributed by atoms with Crippen molar-refractivity contribution in [2.75, 3.05) is 11.4 Å². The third-order valence-electron chi connectivity index (χ3n) is 3.60. The molecule has 2 aromatic carbocycles. The van der Waals surface area contributed by atoms with E-state index in [2.05, 4.69) is 29.2 Å². The van der Waals surface area contributed by atoms with Crippen LogP contribution in [-0.4, -0.2) is 6.54 Å². The van der Waals surface area contributed by atoms with Crippen molar-refractivity contribution in [1.82, 2.24) is 0 Å². The van der Waals surface area contributed by atoms with Crippen molar-refractivity contribution in [3.05, 3.63) is 66.0 Å². The standard InChI is InChI=1S/C16H16FN/c17-14-10-8-13(9-11-14)16-7-4-12-18(16)15-5-2-1-3-6-15/h1-3,5-6,8-11,16H,4,7,12H2/t16-/m1/s1. The highest BCUT2D eigenvalue weighted by Gasteiger charge is 2.25. The third-order valence-corrected chi connectivity index (χ3v) is 3.60. The summed E-state index contributed by atoms with van der Waals surface area (Å²) in [6.07, 6.45) is 2.33. The molecule has 0 radical (unpaired) electrons. The highest BCUT2D eigenvalue weighted by molar-refractivity contribution is 5.49. The van der Waals surface area contributed by atoms with Gasteiger partial charge in [-0.25, -0.2) is 4.39 Å². The van der Waals surface area contributed by atoms with Crippen LogP contribution in [0.15, 0.2) is 54.6 Å². The summed E-state index contributed by atoms with van der Waals surface area (Å²) in [4.78, 5) is 2.41. The fourth-order valence-corrected chi connectivity index (χ4v) is 2.73.